The van der Waals surface area contributed by atoms with Crippen molar-refractivity contribution in [3.63, 3.8) is 0 Å². The highest BCUT2D eigenvalue weighted by atomic mass is 35.5. The molecule has 5 nitrogen and oxygen atoms in total. The first kappa shape index (κ1) is 17.1. The molecule has 2 rings (SSSR count). The summed E-state index contributed by atoms with van der Waals surface area (Å²) in [5.74, 6) is 0.303. The quantitative estimate of drug-likeness (QED) is 0.462. The summed E-state index contributed by atoms with van der Waals surface area (Å²) < 4.78 is 12.1. The van der Waals surface area contributed by atoms with Gasteiger partial charge in [0.2, 0.25) is 0 Å². The predicted molar refractivity (Wildman–Crippen MR) is 89.6 cm³/mol. The largest absolute Gasteiger partial charge is 0.490 e. The molecule has 0 fully saturated rings. The number of benzene rings is 1. The molecule has 0 aliphatic carbocycles. The number of aryl methyl sites for hydroxylation is 3. The van der Waals surface area contributed by atoms with Crippen molar-refractivity contribution in [2.75, 3.05) is 13.2 Å². The Bertz CT molecular complexity index is 705. The minimum absolute atomic E-state index is 0.177. The van der Waals surface area contributed by atoms with Crippen molar-refractivity contribution in [3.8, 4) is 5.75 Å². The molecule has 0 atom stereocenters. The van der Waals surface area contributed by atoms with Crippen molar-refractivity contribution in [2.45, 2.75) is 13.8 Å². The average molecular weight is 335 g/mol. The monoisotopic (exact) mass is 334 g/mol. The van der Waals surface area contributed by atoms with Crippen LogP contribution < -0.4 is 4.74 Å². The molecule has 0 aliphatic heterocycles. The highest BCUT2D eigenvalue weighted by Crippen LogP contribution is 2.19. The van der Waals surface area contributed by atoms with Gasteiger partial charge in [-0.05, 0) is 32.1 Å². The van der Waals surface area contributed by atoms with Gasteiger partial charge < -0.3 is 9.47 Å². The van der Waals surface area contributed by atoms with E-state index in [0.29, 0.717) is 17.3 Å². The van der Waals surface area contributed by atoms with Crippen LogP contribution in [-0.4, -0.2) is 29.0 Å². The Balaban J connectivity index is 1.76. The Hall–Kier alpha value is -2.27. The molecule has 0 amide bonds. The van der Waals surface area contributed by atoms with E-state index in [0.717, 1.165) is 11.4 Å². The highest BCUT2D eigenvalue weighted by Gasteiger charge is 2.08. The molecule has 23 heavy (non-hydrogen) atoms. The van der Waals surface area contributed by atoms with E-state index in [9.17, 15) is 4.79 Å². The van der Waals surface area contributed by atoms with Gasteiger partial charge in [-0.15, -0.1) is 0 Å². The number of esters is 1. The topological polar surface area (TPSA) is 53.4 Å². The molecule has 0 bridgehead atoms. The smallest absolute Gasteiger partial charge is 0.330 e. The number of aromatic nitrogens is 2. The van der Waals surface area contributed by atoms with Crippen LogP contribution in [0.15, 0.2) is 30.3 Å². The maximum absolute atomic E-state index is 11.7. The average Bonchev–Trinajstić information content (AvgIpc) is 2.76. The molecule has 2 aromatic rings. The third-order valence-electron chi connectivity index (χ3n) is 3.20. The molecular formula is C17H19ClN2O3. The van der Waals surface area contributed by atoms with Crippen LogP contribution in [0, 0.1) is 13.8 Å². The van der Waals surface area contributed by atoms with Crippen LogP contribution in [0.1, 0.15) is 16.8 Å². The van der Waals surface area contributed by atoms with Crippen molar-refractivity contribution in [1.82, 2.24) is 9.78 Å². The summed E-state index contributed by atoms with van der Waals surface area (Å²) in [7, 11) is 1.74. The lowest BCUT2D eigenvalue weighted by Gasteiger charge is -2.06. The van der Waals surface area contributed by atoms with Gasteiger partial charge in [0.15, 0.2) is 0 Å². The molecule has 0 N–H and O–H groups in total. The van der Waals surface area contributed by atoms with Gasteiger partial charge in [-0.25, -0.2) is 4.79 Å². The first-order valence-electron chi connectivity index (χ1n) is 7.21. The number of rotatable bonds is 6. The van der Waals surface area contributed by atoms with Gasteiger partial charge in [-0.2, -0.15) is 5.10 Å². The molecule has 0 aliphatic rings. The zero-order chi connectivity index (χ0) is 16.8. The fourth-order valence-electron chi connectivity index (χ4n) is 1.97. The van der Waals surface area contributed by atoms with Crippen LogP contribution >= 0.6 is 11.6 Å². The Labute approximate surface area is 140 Å². The fourth-order valence-corrected chi connectivity index (χ4v) is 2.21. The van der Waals surface area contributed by atoms with Crippen LogP contribution in [0.5, 0.6) is 5.75 Å². The molecule has 1 heterocycles. The zero-order valence-corrected chi connectivity index (χ0v) is 14.1. The summed E-state index contributed by atoms with van der Waals surface area (Å²) in [6.45, 7) is 4.31. The maximum atomic E-state index is 11.7. The molecule has 0 saturated carbocycles. The van der Waals surface area contributed by atoms with Crippen molar-refractivity contribution >= 4 is 23.6 Å². The van der Waals surface area contributed by atoms with Crippen LogP contribution in [0.25, 0.3) is 6.08 Å². The van der Waals surface area contributed by atoms with Crippen molar-refractivity contribution in [2.24, 2.45) is 7.05 Å². The predicted octanol–water partition coefficient (Wildman–Crippen LogP) is 3.33. The lowest BCUT2D eigenvalue weighted by atomic mass is 10.2. The number of nitrogens with zero attached hydrogens (tertiary/aromatic N) is 2. The second-order valence-corrected chi connectivity index (χ2v) is 5.43. The molecule has 0 unspecified atom stereocenters. The normalized spacial score (nSPS) is 11.0. The van der Waals surface area contributed by atoms with Crippen LogP contribution in [0.4, 0.5) is 0 Å². The number of hydrogen-bond donors (Lipinski definition) is 0. The van der Waals surface area contributed by atoms with Gasteiger partial charge in [0.25, 0.3) is 0 Å². The third-order valence-corrected chi connectivity index (χ3v) is 3.65. The molecular weight excluding hydrogens is 316 g/mol. The van der Waals surface area contributed by atoms with Gasteiger partial charge in [0.05, 0.1) is 5.69 Å². The Morgan fingerprint density at radius 2 is 1.96 bits per heavy atom. The summed E-state index contributed by atoms with van der Waals surface area (Å²) in [6, 6.07) is 7.68. The van der Waals surface area contributed by atoms with E-state index in [4.69, 9.17) is 21.1 Å². The minimum atomic E-state index is -0.447. The number of carbonyl (C=O) groups excluding carboxylic acids is 1. The van der Waals surface area contributed by atoms with Gasteiger partial charge in [-0.1, -0.05) is 29.3 Å². The van der Waals surface area contributed by atoms with Crippen LogP contribution in [-0.2, 0) is 16.6 Å². The first-order chi connectivity index (χ1) is 11.0. The van der Waals surface area contributed by atoms with E-state index < -0.39 is 5.97 Å². The fraction of sp³-hybridized carbons (Fsp3) is 0.294. The van der Waals surface area contributed by atoms with E-state index in [-0.39, 0.29) is 6.61 Å². The van der Waals surface area contributed by atoms with E-state index in [1.807, 2.05) is 38.1 Å². The van der Waals surface area contributed by atoms with E-state index in [2.05, 4.69) is 5.10 Å². The zero-order valence-electron chi connectivity index (χ0n) is 13.4. The van der Waals surface area contributed by atoms with Gasteiger partial charge in [0.1, 0.15) is 24.1 Å². The van der Waals surface area contributed by atoms with Crippen LogP contribution in [0.2, 0.25) is 5.15 Å². The molecule has 0 spiro atoms. The second-order valence-electron chi connectivity index (χ2n) is 5.08. The van der Waals surface area contributed by atoms with Gasteiger partial charge in [-0.3, -0.25) is 4.68 Å². The molecule has 0 radical (unpaired) electrons. The molecule has 1 aromatic heterocycles. The van der Waals surface area contributed by atoms with Gasteiger partial charge >= 0.3 is 5.97 Å². The summed E-state index contributed by atoms with van der Waals surface area (Å²) in [4.78, 5) is 11.7. The van der Waals surface area contributed by atoms with E-state index in [1.165, 1.54) is 11.6 Å². The summed E-state index contributed by atoms with van der Waals surface area (Å²) >= 11 is 6.08. The highest BCUT2D eigenvalue weighted by molar-refractivity contribution is 6.31. The molecule has 6 heteroatoms. The van der Waals surface area contributed by atoms with Crippen molar-refractivity contribution < 1.29 is 14.3 Å². The SMILES string of the molecule is Cc1ccc(OCCOC(=O)/C=C/c2c(C)nn(C)c2Cl)cc1. The van der Waals surface area contributed by atoms with Gasteiger partial charge in [0, 0.05) is 18.7 Å². The number of halogens is 1. The number of hydrogen-bond acceptors (Lipinski definition) is 4. The Morgan fingerprint density at radius 3 is 2.57 bits per heavy atom. The van der Waals surface area contributed by atoms with Crippen molar-refractivity contribution in [1.29, 1.82) is 0 Å². The van der Waals surface area contributed by atoms with E-state index >= 15 is 0 Å². The summed E-state index contributed by atoms with van der Waals surface area (Å²) in [5.41, 5.74) is 2.63. The lowest BCUT2D eigenvalue weighted by Crippen LogP contribution is -2.10. The minimum Gasteiger partial charge on any atom is -0.490 e. The summed E-state index contributed by atoms with van der Waals surface area (Å²) in [6.07, 6.45) is 2.94. The van der Waals surface area contributed by atoms with E-state index in [1.54, 1.807) is 17.8 Å². The Morgan fingerprint density at radius 1 is 1.26 bits per heavy atom. The maximum Gasteiger partial charge on any atom is 0.330 e. The number of ether oxygens (including phenoxy) is 2. The summed E-state index contributed by atoms with van der Waals surface area (Å²) in [5, 5.41) is 4.65. The van der Waals surface area contributed by atoms with Crippen LogP contribution in [0.3, 0.4) is 0 Å². The molecule has 0 saturated heterocycles. The standard InChI is InChI=1S/C17H19ClN2O3/c1-12-4-6-14(7-5-12)22-10-11-23-16(21)9-8-15-13(2)19-20(3)17(15)18/h4-9H,10-11H2,1-3H3/b9-8+. The third kappa shape index (κ3) is 4.86. The van der Waals surface area contributed by atoms with Crippen molar-refractivity contribution in [3.05, 3.63) is 52.3 Å². The first-order valence-corrected chi connectivity index (χ1v) is 7.58. The molecule has 1 aromatic carbocycles. The Kier molecular flexibility index (Phi) is 5.82. The lowest BCUT2D eigenvalue weighted by molar-refractivity contribution is -0.138. The molecule has 122 valence electrons. The second kappa shape index (κ2) is 7.83. The number of carbonyl (C=O) groups is 1.